The number of hydrogen-bond donors (Lipinski definition) is 0. The van der Waals surface area contributed by atoms with Crippen LogP contribution in [0.1, 0.15) is 19.4 Å². The number of ether oxygens (including phenoxy) is 1. The zero-order valence-corrected chi connectivity index (χ0v) is 15.3. The summed E-state index contributed by atoms with van der Waals surface area (Å²) in [6, 6.07) is 17.1. The van der Waals surface area contributed by atoms with Gasteiger partial charge in [0, 0.05) is 0 Å². The lowest BCUT2D eigenvalue weighted by atomic mass is 10.0. The van der Waals surface area contributed by atoms with E-state index < -0.39 is 11.2 Å². The number of benzene rings is 2. The molecular weight excluding hydrogens is 361 g/mol. The molecule has 138 valence electrons. The second-order valence-corrected chi connectivity index (χ2v) is 7.64. The van der Waals surface area contributed by atoms with E-state index in [1.54, 1.807) is 0 Å². The molecule has 2 atom stereocenters. The third-order valence-electron chi connectivity index (χ3n) is 5.07. The van der Waals surface area contributed by atoms with E-state index in [0.29, 0.717) is 12.2 Å². The van der Waals surface area contributed by atoms with Gasteiger partial charge in [-0.1, -0.05) is 61.9 Å². The second kappa shape index (κ2) is 6.99. The number of rotatable bonds is 5. The number of halogens is 4. The molecule has 1 aliphatic carbocycles. The Morgan fingerprint density at radius 2 is 1.73 bits per heavy atom. The van der Waals surface area contributed by atoms with Crippen molar-refractivity contribution in [3.63, 3.8) is 0 Å². The number of para-hydroxylation sites is 1. The maximum absolute atomic E-state index is 12.7. The van der Waals surface area contributed by atoms with E-state index in [-0.39, 0.29) is 17.3 Å². The maximum Gasteiger partial charge on any atom is 0.426 e. The van der Waals surface area contributed by atoms with Crippen LogP contribution in [0.2, 0.25) is 0 Å². The van der Waals surface area contributed by atoms with Crippen molar-refractivity contribution in [2.24, 2.45) is 17.3 Å². The van der Waals surface area contributed by atoms with Crippen LogP contribution in [-0.4, -0.2) is 6.18 Å². The van der Waals surface area contributed by atoms with Crippen molar-refractivity contribution in [3.8, 4) is 11.5 Å². The van der Waals surface area contributed by atoms with Gasteiger partial charge >= 0.3 is 6.18 Å². The Bertz CT molecular complexity index is 796. The zero-order chi connectivity index (χ0) is 18.9. The molecule has 0 heterocycles. The Kier molecular flexibility index (Phi) is 5.07. The number of allylic oxidation sites excluding steroid dienone is 2. The molecule has 1 aliphatic rings. The van der Waals surface area contributed by atoms with Gasteiger partial charge in [0.1, 0.15) is 16.5 Å². The summed E-state index contributed by atoms with van der Waals surface area (Å²) in [6.07, 6.45) is -2.63. The summed E-state index contributed by atoms with van der Waals surface area (Å²) in [4.78, 5) is 0. The minimum atomic E-state index is -4.48. The van der Waals surface area contributed by atoms with Crippen molar-refractivity contribution < 1.29 is 17.9 Å². The van der Waals surface area contributed by atoms with Gasteiger partial charge in [0.25, 0.3) is 0 Å². The molecule has 0 spiro atoms. The molecule has 3 rings (SSSR count). The van der Waals surface area contributed by atoms with E-state index in [1.165, 1.54) is 0 Å². The molecule has 1 saturated carbocycles. The third kappa shape index (κ3) is 4.24. The Balaban J connectivity index is 1.70. The lowest BCUT2D eigenvalue weighted by Gasteiger charge is -2.08. The SMILES string of the molecule is CC1(C)[C@@H](/C=C(\Cl)C(F)(F)F)[C@@H]1Cc1cccc(Oc2ccccc2)c1. The van der Waals surface area contributed by atoms with E-state index in [2.05, 4.69) is 0 Å². The summed E-state index contributed by atoms with van der Waals surface area (Å²) >= 11 is 5.42. The molecule has 0 bridgehead atoms. The average Bonchev–Trinajstić information content (AvgIpc) is 3.07. The van der Waals surface area contributed by atoms with E-state index in [9.17, 15) is 13.2 Å². The summed E-state index contributed by atoms with van der Waals surface area (Å²) in [5, 5.41) is -1.03. The highest BCUT2D eigenvalue weighted by Crippen LogP contribution is 2.61. The molecule has 1 nitrogen and oxygen atoms in total. The highest BCUT2D eigenvalue weighted by molar-refractivity contribution is 6.30. The molecule has 0 N–H and O–H groups in total. The summed E-state index contributed by atoms with van der Waals surface area (Å²) in [5.74, 6) is 1.39. The van der Waals surface area contributed by atoms with Gasteiger partial charge in [0.2, 0.25) is 0 Å². The Morgan fingerprint density at radius 3 is 2.38 bits per heavy atom. The summed E-state index contributed by atoms with van der Waals surface area (Å²) < 4.78 is 43.9. The molecule has 0 amide bonds. The predicted octanol–water partition coefficient (Wildman–Crippen LogP) is 6.98. The third-order valence-corrected chi connectivity index (χ3v) is 5.41. The summed E-state index contributed by atoms with van der Waals surface area (Å²) in [7, 11) is 0. The van der Waals surface area contributed by atoms with Gasteiger partial charge in [-0.2, -0.15) is 13.2 Å². The Hall–Kier alpha value is -1.94. The quantitative estimate of drug-likeness (QED) is 0.543. The Morgan fingerprint density at radius 1 is 1.08 bits per heavy atom. The maximum atomic E-state index is 12.7. The fraction of sp³-hybridized carbons (Fsp3) is 0.333. The van der Waals surface area contributed by atoms with Gasteiger partial charge in [-0.25, -0.2) is 0 Å². The number of hydrogen-bond acceptors (Lipinski definition) is 1. The average molecular weight is 381 g/mol. The molecule has 26 heavy (non-hydrogen) atoms. The minimum absolute atomic E-state index is 0.116. The molecular formula is C21H20ClF3O. The van der Waals surface area contributed by atoms with Crippen LogP contribution in [0.25, 0.3) is 0 Å². The number of alkyl halides is 3. The van der Waals surface area contributed by atoms with Crippen molar-refractivity contribution in [1.82, 2.24) is 0 Å². The highest BCUT2D eigenvalue weighted by Gasteiger charge is 2.56. The monoisotopic (exact) mass is 380 g/mol. The first-order valence-electron chi connectivity index (χ1n) is 8.44. The molecule has 0 unspecified atom stereocenters. The van der Waals surface area contributed by atoms with Gasteiger partial charge in [0.15, 0.2) is 0 Å². The first-order valence-corrected chi connectivity index (χ1v) is 8.82. The smallest absolute Gasteiger partial charge is 0.426 e. The molecule has 2 aromatic rings. The van der Waals surface area contributed by atoms with Crippen molar-refractivity contribution in [1.29, 1.82) is 0 Å². The van der Waals surface area contributed by atoms with Crippen molar-refractivity contribution in [3.05, 3.63) is 71.3 Å². The van der Waals surface area contributed by atoms with Crippen LogP contribution in [0, 0.1) is 17.3 Å². The lowest BCUT2D eigenvalue weighted by Crippen LogP contribution is -2.07. The summed E-state index contributed by atoms with van der Waals surface area (Å²) in [6.45, 7) is 3.95. The second-order valence-electron chi connectivity index (χ2n) is 7.23. The summed E-state index contributed by atoms with van der Waals surface area (Å²) in [5.41, 5.74) is 0.831. The topological polar surface area (TPSA) is 9.23 Å². The highest BCUT2D eigenvalue weighted by atomic mass is 35.5. The molecule has 0 radical (unpaired) electrons. The van der Waals surface area contributed by atoms with Crippen LogP contribution in [0.5, 0.6) is 11.5 Å². The van der Waals surface area contributed by atoms with E-state index in [4.69, 9.17) is 16.3 Å². The molecule has 0 saturated heterocycles. The first-order chi connectivity index (χ1) is 12.2. The first kappa shape index (κ1) is 18.8. The van der Waals surface area contributed by atoms with Crippen LogP contribution >= 0.6 is 11.6 Å². The Labute approximate surface area is 156 Å². The van der Waals surface area contributed by atoms with Gasteiger partial charge in [0.05, 0.1) is 0 Å². The van der Waals surface area contributed by atoms with Crippen LogP contribution < -0.4 is 4.74 Å². The fourth-order valence-electron chi connectivity index (χ4n) is 3.37. The fourth-order valence-corrected chi connectivity index (χ4v) is 3.51. The lowest BCUT2D eigenvalue weighted by molar-refractivity contribution is -0.0848. The van der Waals surface area contributed by atoms with E-state index in [0.717, 1.165) is 17.4 Å². The normalized spacial score (nSPS) is 22.2. The predicted molar refractivity (Wildman–Crippen MR) is 97.4 cm³/mol. The van der Waals surface area contributed by atoms with Crippen molar-refractivity contribution in [2.75, 3.05) is 0 Å². The van der Waals surface area contributed by atoms with Gasteiger partial charge < -0.3 is 4.74 Å². The van der Waals surface area contributed by atoms with Crippen molar-refractivity contribution in [2.45, 2.75) is 26.4 Å². The van der Waals surface area contributed by atoms with Crippen LogP contribution in [-0.2, 0) is 6.42 Å². The van der Waals surface area contributed by atoms with E-state index in [1.807, 2.05) is 68.4 Å². The molecule has 0 aromatic heterocycles. The van der Waals surface area contributed by atoms with Crippen LogP contribution in [0.3, 0.4) is 0 Å². The van der Waals surface area contributed by atoms with Gasteiger partial charge in [-0.05, 0) is 53.5 Å². The van der Waals surface area contributed by atoms with Crippen LogP contribution in [0.4, 0.5) is 13.2 Å². The van der Waals surface area contributed by atoms with Crippen LogP contribution in [0.15, 0.2) is 65.7 Å². The largest absolute Gasteiger partial charge is 0.457 e. The molecule has 1 fully saturated rings. The van der Waals surface area contributed by atoms with Crippen molar-refractivity contribution >= 4 is 11.6 Å². The minimum Gasteiger partial charge on any atom is -0.457 e. The van der Waals surface area contributed by atoms with E-state index >= 15 is 0 Å². The van der Waals surface area contributed by atoms with Gasteiger partial charge in [-0.15, -0.1) is 0 Å². The molecule has 5 heteroatoms. The zero-order valence-electron chi connectivity index (χ0n) is 14.6. The molecule has 2 aromatic carbocycles. The standard InChI is InChI=1S/C21H20ClF3O/c1-20(2)17(18(20)13-19(22)21(23,24)25)12-14-7-6-10-16(11-14)26-15-8-4-3-5-9-15/h3-11,13,17-18H,12H2,1-2H3/b19-13-/t17-,18-/m0/s1. The van der Waals surface area contributed by atoms with Gasteiger partial charge in [-0.3, -0.25) is 0 Å². The molecule has 0 aliphatic heterocycles.